The molecule has 0 spiro atoms. The number of hydrogen-bond donors (Lipinski definition) is 2. The molecule has 146 valence electrons. The van der Waals surface area contributed by atoms with Gasteiger partial charge in [0.1, 0.15) is 5.75 Å². The predicted molar refractivity (Wildman–Crippen MR) is 113 cm³/mol. The maximum Gasteiger partial charge on any atom is 0.344 e. The number of aliphatic hydroxyl groups is 1. The fraction of sp³-hybridized carbons (Fsp3) is 0.0455. The molecule has 7 heteroatoms. The van der Waals surface area contributed by atoms with Gasteiger partial charge in [0.2, 0.25) is 0 Å². The van der Waals surface area contributed by atoms with Crippen LogP contribution in [0.25, 0.3) is 0 Å². The number of esters is 1. The summed E-state index contributed by atoms with van der Waals surface area (Å²) in [6.45, 7) is 0. The summed E-state index contributed by atoms with van der Waals surface area (Å²) in [4.78, 5) is 24.3. The summed E-state index contributed by atoms with van der Waals surface area (Å²) in [5.41, 5.74) is 3.78. The number of nitrogens with one attached hydrogen (secondary N) is 1. The zero-order valence-corrected chi connectivity index (χ0v) is 16.7. The number of hydrogen-bond acceptors (Lipinski definition) is 5. The first kappa shape index (κ1) is 20.4. The van der Waals surface area contributed by atoms with Crippen LogP contribution in [0.2, 0.25) is 0 Å². The van der Waals surface area contributed by atoms with E-state index < -0.39 is 18.0 Å². The van der Waals surface area contributed by atoms with Crippen molar-refractivity contribution >= 4 is 34.0 Å². The fourth-order valence-electron chi connectivity index (χ4n) is 2.47. The highest BCUT2D eigenvalue weighted by atomic mass is 79.9. The fourth-order valence-corrected chi connectivity index (χ4v) is 2.91. The molecular formula is C22H17BrN2O4. The van der Waals surface area contributed by atoms with Gasteiger partial charge >= 0.3 is 5.97 Å². The van der Waals surface area contributed by atoms with Crippen molar-refractivity contribution in [3.05, 3.63) is 100 Å². The van der Waals surface area contributed by atoms with Crippen LogP contribution in [0.4, 0.5) is 0 Å². The molecule has 0 aliphatic rings. The second kappa shape index (κ2) is 9.77. The summed E-state index contributed by atoms with van der Waals surface area (Å²) in [6.07, 6.45) is 0.0794. The first-order valence-electron chi connectivity index (χ1n) is 8.67. The molecule has 3 aromatic carbocycles. The van der Waals surface area contributed by atoms with Crippen LogP contribution in [0.3, 0.4) is 0 Å². The number of carbonyl (C=O) groups excluding carboxylic acids is 2. The van der Waals surface area contributed by atoms with Crippen molar-refractivity contribution < 1.29 is 19.4 Å². The molecule has 0 fully saturated rings. The van der Waals surface area contributed by atoms with E-state index in [1.165, 1.54) is 6.21 Å². The minimum Gasteiger partial charge on any atom is -0.423 e. The molecule has 3 aromatic rings. The lowest BCUT2D eigenvalue weighted by atomic mass is 10.1. The molecule has 1 amide bonds. The zero-order chi connectivity index (χ0) is 20.6. The Balaban J connectivity index is 1.61. The summed E-state index contributed by atoms with van der Waals surface area (Å²) in [5.74, 6) is -0.805. The van der Waals surface area contributed by atoms with Gasteiger partial charge in [-0.1, -0.05) is 54.6 Å². The summed E-state index contributed by atoms with van der Waals surface area (Å²) >= 11 is 3.32. The van der Waals surface area contributed by atoms with Gasteiger partial charge in [-0.05, 0) is 51.3 Å². The quantitative estimate of drug-likeness (QED) is 0.257. The maximum atomic E-state index is 12.3. The molecule has 0 aromatic heterocycles. The molecule has 0 bridgehead atoms. The number of benzene rings is 3. The van der Waals surface area contributed by atoms with E-state index in [0.29, 0.717) is 26.9 Å². The van der Waals surface area contributed by atoms with E-state index in [4.69, 9.17) is 4.74 Å². The highest BCUT2D eigenvalue weighted by molar-refractivity contribution is 9.10. The number of carbonyl (C=O) groups is 2. The third-order valence-electron chi connectivity index (χ3n) is 3.91. The molecule has 0 saturated carbocycles. The lowest BCUT2D eigenvalue weighted by Gasteiger charge is -2.08. The topological polar surface area (TPSA) is 88.0 Å². The number of hydrazone groups is 1. The number of nitrogens with zero attached hydrogens (tertiary/aromatic N) is 1. The summed E-state index contributed by atoms with van der Waals surface area (Å²) in [7, 11) is 0. The van der Waals surface area contributed by atoms with Gasteiger partial charge in [-0.3, -0.25) is 4.79 Å². The van der Waals surface area contributed by atoms with Crippen molar-refractivity contribution in [1.29, 1.82) is 0 Å². The van der Waals surface area contributed by atoms with Crippen molar-refractivity contribution in [1.82, 2.24) is 5.43 Å². The summed E-state index contributed by atoms with van der Waals surface area (Å²) < 4.78 is 6.03. The third-order valence-corrected chi connectivity index (χ3v) is 4.61. The Morgan fingerprint density at radius 3 is 2.48 bits per heavy atom. The smallest absolute Gasteiger partial charge is 0.344 e. The number of amides is 1. The molecular weight excluding hydrogens is 436 g/mol. The van der Waals surface area contributed by atoms with Crippen molar-refractivity contribution in [2.75, 3.05) is 0 Å². The SMILES string of the molecule is O=C(Oc1cccc(/C=N\NC(=O)[C@H](O)c2ccccc2)c1)c1ccccc1Br. The zero-order valence-electron chi connectivity index (χ0n) is 15.2. The third kappa shape index (κ3) is 5.60. The van der Waals surface area contributed by atoms with Crippen molar-refractivity contribution in [3.63, 3.8) is 0 Å². The molecule has 0 radical (unpaired) electrons. The minimum atomic E-state index is -1.31. The normalized spacial score (nSPS) is 11.8. The Labute approximate surface area is 176 Å². The van der Waals surface area contributed by atoms with Crippen LogP contribution < -0.4 is 10.2 Å². The van der Waals surface area contributed by atoms with Crippen LogP contribution in [0.15, 0.2) is 88.4 Å². The highest BCUT2D eigenvalue weighted by Gasteiger charge is 2.16. The maximum absolute atomic E-state index is 12.3. The standard InChI is InChI=1S/C22H17BrN2O4/c23-19-12-5-4-11-18(19)22(28)29-17-10-6-7-15(13-17)14-24-25-21(27)20(26)16-8-2-1-3-9-16/h1-14,20,26H,(H,25,27)/b24-14-/t20-/m1/s1. The first-order chi connectivity index (χ1) is 14.0. The lowest BCUT2D eigenvalue weighted by Crippen LogP contribution is -2.25. The Morgan fingerprint density at radius 2 is 1.72 bits per heavy atom. The largest absolute Gasteiger partial charge is 0.423 e. The number of aliphatic hydroxyl groups excluding tert-OH is 1. The van der Waals surface area contributed by atoms with E-state index in [1.807, 2.05) is 0 Å². The van der Waals surface area contributed by atoms with Crippen LogP contribution >= 0.6 is 15.9 Å². The van der Waals surface area contributed by atoms with E-state index in [9.17, 15) is 14.7 Å². The first-order valence-corrected chi connectivity index (χ1v) is 9.46. The van der Waals surface area contributed by atoms with Crippen LogP contribution in [0.5, 0.6) is 5.75 Å². The van der Waals surface area contributed by atoms with Gasteiger partial charge in [0.05, 0.1) is 11.8 Å². The number of ether oxygens (including phenoxy) is 1. The van der Waals surface area contributed by atoms with E-state index in [2.05, 4.69) is 26.5 Å². The van der Waals surface area contributed by atoms with Gasteiger partial charge in [0.25, 0.3) is 5.91 Å². The molecule has 2 N–H and O–H groups in total. The van der Waals surface area contributed by atoms with Gasteiger partial charge in [-0.15, -0.1) is 0 Å². The molecule has 3 rings (SSSR count). The molecule has 0 heterocycles. The average Bonchev–Trinajstić information content (AvgIpc) is 2.74. The predicted octanol–water partition coefficient (Wildman–Crippen LogP) is 3.85. The summed E-state index contributed by atoms with van der Waals surface area (Å²) in [6, 6.07) is 22.2. The Bertz CT molecular complexity index is 1040. The Hall–Kier alpha value is -3.29. The average molecular weight is 453 g/mol. The van der Waals surface area contributed by atoms with Crippen LogP contribution in [-0.2, 0) is 4.79 Å². The van der Waals surface area contributed by atoms with Crippen molar-refractivity contribution in [3.8, 4) is 5.75 Å². The van der Waals surface area contributed by atoms with Gasteiger partial charge < -0.3 is 9.84 Å². The van der Waals surface area contributed by atoms with E-state index >= 15 is 0 Å². The van der Waals surface area contributed by atoms with Gasteiger partial charge in [-0.2, -0.15) is 5.10 Å². The highest BCUT2D eigenvalue weighted by Crippen LogP contribution is 2.19. The molecule has 6 nitrogen and oxygen atoms in total. The van der Waals surface area contributed by atoms with Gasteiger partial charge in [-0.25, -0.2) is 10.2 Å². The van der Waals surface area contributed by atoms with E-state index in [0.717, 1.165) is 0 Å². The van der Waals surface area contributed by atoms with E-state index in [1.54, 1.807) is 78.9 Å². The Morgan fingerprint density at radius 1 is 1.00 bits per heavy atom. The lowest BCUT2D eigenvalue weighted by molar-refractivity contribution is -0.129. The molecule has 1 atom stereocenters. The molecule has 0 unspecified atom stereocenters. The molecule has 0 saturated heterocycles. The van der Waals surface area contributed by atoms with Crippen molar-refractivity contribution in [2.45, 2.75) is 6.10 Å². The second-order valence-corrected chi connectivity index (χ2v) is 6.84. The van der Waals surface area contributed by atoms with Crippen molar-refractivity contribution in [2.24, 2.45) is 5.10 Å². The Kier molecular flexibility index (Phi) is 6.89. The molecule has 29 heavy (non-hydrogen) atoms. The van der Waals surface area contributed by atoms with Crippen LogP contribution in [0.1, 0.15) is 27.6 Å². The van der Waals surface area contributed by atoms with Crippen LogP contribution in [0, 0.1) is 0 Å². The number of halogens is 1. The van der Waals surface area contributed by atoms with Gasteiger partial charge in [0.15, 0.2) is 6.10 Å². The van der Waals surface area contributed by atoms with E-state index in [-0.39, 0.29) is 0 Å². The summed E-state index contributed by atoms with van der Waals surface area (Å²) in [5, 5.41) is 13.9. The monoisotopic (exact) mass is 452 g/mol. The molecule has 0 aliphatic heterocycles. The minimum absolute atomic E-state index is 0.338. The van der Waals surface area contributed by atoms with Crippen LogP contribution in [-0.4, -0.2) is 23.2 Å². The molecule has 0 aliphatic carbocycles. The second-order valence-electron chi connectivity index (χ2n) is 5.99. The van der Waals surface area contributed by atoms with Gasteiger partial charge in [0, 0.05) is 4.47 Å². The number of rotatable bonds is 6.